The highest BCUT2D eigenvalue weighted by molar-refractivity contribution is 5.54. The molecule has 1 aromatic heterocycles. The predicted molar refractivity (Wildman–Crippen MR) is 75.1 cm³/mol. The molecule has 4 heteroatoms. The van der Waals surface area contributed by atoms with Crippen LogP contribution in [-0.2, 0) is 4.74 Å². The summed E-state index contributed by atoms with van der Waals surface area (Å²) >= 11 is 0. The van der Waals surface area contributed by atoms with Gasteiger partial charge in [-0.3, -0.25) is 4.98 Å². The second-order valence-electron chi connectivity index (χ2n) is 4.98. The number of hydrogen-bond acceptors (Lipinski definition) is 4. The van der Waals surface area contributed by atoms with E-state index >= 15 is 0 Å². The molecular weight excluding hydrogens is 226 g/mol. The summed E-state index contributed by atoms with van der Waals surface area (Å²) in [5.41, 5.74) is 2.17. The molecule has 2 rings (SSSR count). The number of aromatic nitrogens is 1. The Labute approximate surface area is 109 Å². The van der Waals surface area contributed by atoms with Gasteiger partial charge in [-0.15, -0.1) is 0 Å². The Bertz CT molecular complexity index is 372. The molecule has 1 saturated carbocycles. The lowest BCUT2D eigenvalue weighted by molar-refractivity contribution is -0.0601. The molecule has 0 atom stereocenters. The van der Waals surface area contributed by atoms with Gasteiger partial charge in [0.05, 0.1) is 29.4 Å². The number of methoxy groups -OCH3 is 1. The number of hydrogen-bond donors (Lipinski definition) is 2. The van der Waals surface area contributed by atoms with Crippen molar-refractivity contribution in [3.63, 3.8) is 0 Å². The van der Waals surface area contributed by atoms with Crippen molar-refractivity contribution >= 4 is 11.4 Å². The van der Waals surface area contributed by atoms with Crippen LogP contribution >= 0.6 is 0 Å². The second-order valence-corrected chi connectivity index (χ2v) is 4.98. The number of pyridine rings is 1. The van der Waals surface area contributed by atoms with Crippen molar-refractivity contribution in [2.45, 2.75) is 38.2 Å². The van der Waals surface area contributed by atoms with Crippen molar-refractivity contribution in [1.29, 1.82) is 0 Å². The highest BCUT2D eigenvalue weighted by Crippen LogP contribution is 2.35. The van der Waals surface area contributed by atoms with Crippen molar-refractivity contribution in [2.75, 3.05) is 30.8 Å². The van der Waals surface area contributed by atoms with E-state index in [4.69, 9.17) is 4.74 Å². The molecule has 0 aromatic carbocycles. The fourth-order valence-electron chi connectivity index (χ4n) is 2.19. The molecule has 100 valence electrons. The van der Waals surface area contributed by atoms with E-state index in [-0.39, 0.29) is 5.60 Å². The molecule has 1 heterocycles. The summed E-state index contributed by atoms with van der Waals surface area (Å²) < 4.78 is 5.59. The molecule has 0 spiro atoms. The maximum atomic E-state index is 5.59. The molecule has 0 radical (unpaired) electrons. The molecular formula is C14H23N3O. The average Bonchev–Trinajstić information content (AvgIpc) is 2.36. The lowest BCUT2D eigenvalue weighted by Crippen LogP contribution is -2.45. The molecule has 1 aliphatic carbocycles. The van der Waals surface area contributed by atoms with Gasteiger partial charge in [0.25, 0.3) is 0 Å². The Morgan fingerprint density at radius 2 is 2.00 bits per heavy atom. The summed E-state index contributed by atoms with van der Waals surface area (Å²) in [6.45, 7) is 4.00. The van der Waals surface area contributed by atoms with E-state index in [9.17, 15) is 0 Å². The summed E-state index contributed by atoms with van der Waals surface area (Å²) in [4.78, 5) is 4.24. The van der Waals surface area contributed by atoms with Crippen LogP contribution in [0.25, 0.3) is 0 Å². The first-order valence-electron chi connectivity index (χ1n) is 6.76. The smallest absolute Gasteiger partial charge is 0.0850 e. The first kappa shape index (κ1) is 13.1. The molecule has 4 nitrogen and oxygen atoms in total. The molecule has 1 fully saturated rings. The van der Waals surface area contributed by atoms with Crippen LogP contribution < -0.4 is 10.6 Å². The topological polar surface area (TPSA) is 46.2 Å². The van der Waals surface area contributed by atoms with E-state index in [1.54, 1.807) is 7.11 Å². The van der Waals surface area contributed by atoms with E-state index in [0.717, 1.165) is 43.7 Å². The van der Waals surface area contributed by atoms with Crippen LogP contribution in [0.15, 0.2) is 18.5 Å². The van der Waals surface area contributed by atoms with Crippen LogP contribution in [-0.4, -0.2) is 30.8 Å². The molecule has 0 aliphatic heterocycles. The summed E-state index contributed by atoms with van der Waals surface area (Å²) in [5.74, 6) is 0. The molecule has 18 heavy (non-hydrogen) atoms. The summed E-state index contributed by atoms with van der Waals surface area (Å²) in [6.07, 6.45) is 8.40. The van der Waals surface area contributed by atoms with E-state index < -0.39 is 0 Å². The molecule has 1 aromatic rings. The fraction of sp³-hybridized carbons (Fsp3) is 0.643. The van der Waals surface area contributed by atoms with E-state index in [1.807, 2.05) is 12.4 Å². The standard InChI is InChI=1S/C14H23N3O/c1-3-7-16-12-8-13(10-15-9-12)17-11-14(18-2)5-4-6-14/h8-10,16-17H,3-7,11H2,1-2H3. The Kier molecular flexibility index (Phi) is 4.42. The van der Waals surface area contributed by atoms with Gasteiger partial charge < -0.3 is 15.4 Å². The Balaban J connectivity index is 1.88. The van der Waals surface area contributed by atoms with Crippen molar-refractivity contribution in [2.24, 2.45) is 0 Å². The third kappa shape index (κ3) is 3.13. The van der Waals surface area contributed by atoms with Gasteiger partial charge in [0.15, 0.2) is 0 Å². The van der Waals surface area contributed by atoms with Gasteiger partial charge in [0.1, 0.15) is 0 Å². The first-order chi connectivity index (χ1) is 8.78. The van der Waals surface area contributed by atoms with Crippen molar-refractivity contribution in [3.05, 3.63) is 18.5 Å². The zero-order valence-electron chi connectivity index (χ0n) is 11.3. The largest absolute Gasteiger partial charge is 0.384 e. The van der Waals surface area contributed by atoms with Gasteiger partial charge >= 0.3 is 0 Å². The summed E-state index contributed by atoms with van der Waals surface area (Å²) in [5, 5.41) is 6.77. The number of anilines is 2. The van der Waals surface area contributed by atoms with Crippen LogP contribution in [0.3, 0.4) is 0 Å². The predicted octanol–water partition coefficient (Wildman–Crippen LogP) is 2.88. The molecule has 0 unspecified atom stereocenters. The van der Waals surface area contributed by atoms with Gasteiger partial charge in [-0.05, 0) is 31.7 Å². The molecule has 0 amide bonds. The highest BCUT2D eigenvalue weighted by atomic mass is 16.5. The van der Waals surface area contributed by atoms with Gasteiger partial charge in [-0.2, -0.15) is 0 Å². The SMILES string of the molecule is CCCNc1cncc(NCC2(OC)CCC2)c1. The van der Waals surface area contributed by atoms with Crippen molar-refractivity contribution in [3.8, 4) is 0 Å². The number of rotatable bonds is 7. The number of ether oxygens (including phenoxy) is 1. The normalized spacial score (nSPS) is 17.0. The van der Waals surface area contributed by atoms with Crippen LogP contribution in [0.4, 0.5) is 11.4 Å². The zero-order chi connectivity index (χ0) is 12.8. The Hall–Kier alpha value is -1.29. The minimum Gasteiger partial charge on any atom is -0.384 e. The molecule has 0 bridgehead atoms. The lowest BCUT2D eigenvalue weighted by Gasteiger charge is -2.40. The number of nitrogens with one attached hydrogen (secondary N) is 2. The summed E-state index contributed by atoms with van der Waals surface area (Å²) in [7, 11) is 1.80. The third-order valence-corrected chi connectivity index (χ3v) is 3.63. The minimum absolute atomic E-state index is 0.0485. The van der Waals surface area contributed by atoms with Crippen molar-refractivity contribution in [1.82, 2.24) is 4.98 Å². The van der Waals surface area contributed by atoms with E-state index in [0.29, 0.717) is 0 Å². The fourth-order valence-corrected chi connectivity index (χ4v) is 2.19. The van der Waals surface area contributed by atoms with Crippen LogP contribution in [0.5, 0.6) is 0 Å². The lowest BCUT2D eigenvalue weighted by atomic mass is 9.80. The molecule has 0 saturated heterocycles. The third-order valence-electron chi connectivity index (χ3n) is 3.63. The average molecular weight is 249 g/mol. The van der Waals surface area contributed by atoms with Crippen molar-refractivity contribution < 1.29 is 4.74 Å². The van der Waals surface area contributed by atoms with Gasteiger partial charge in [0.2, 0.25) is 0 Å². The zero-order valence-corrected chi connectivity index (χ0v) is 11.3. The molecule has 2 N–H and O–H groups in total. The minimum atomic E-state index is 0.0485. The monoisotopic (exact) mass is 249 g/mol. The number of nitrogens with zero attached hydrogens (tertiary/aromatic N) is 1. The first-order valence-corrected chi connectivity index (χ1v) is 6.76. The van der Waals surface area contributed by atoms with Crippen LogP contribution in [0.1, 0.15) is 32.6 Å². The van der Waals surface area contributed by atoms with E-state index in [1.165, 1.54) is 6.42 Å². The Morgan fingerprint density at radius 1 is 1.28 bits per heavy atom. The maximum absolute atomic E-state index is 5.59. The van der Waals surface area contributed by atoms with Crippen LogP contribution in [0.2, 0.25) is 0 Å². The Morgan fingerprint density at radius 3 is 2.56 bits per heavy atom. The van der Waals surface area contributed by atoms with Crippen LogP contribution in [0, 0.1) is 0 Å². The maximum Gasteiger partial charge on any atom is 0.0850 e. The highest BCUT2D eigenvalue weighted by Gasteiger charge is 2.36. The second kappa shape index (κ2) is 6.05. The van der Waals surface area contributed by atoms with E-state index in [2.05, 4.69) is 28.6 Å². The van der Waals surface area contributed by atoms with Gasteiger partial charge in [-0.25, -0.2) is 0 Å². The quantitative estimate of drug-likeness (QED) is 0.780. The summed E-state index contributed by atoms with van der Waals surface area (Å²) in [6, 6.07) is 2.10. The van der Waals surface area contributed by atoms with Gasteiger partial charge in [0, 0.05) is 20.2 Å². The van der Waals surface area contributed by atoms with Gasteiger partial charge in [-0.1, -0.05) is 6.92 Å². The molecule has 1 aliphatic rings.